The Balaban J connectivity index is 2.36. The number of nitrogens with zero attached hydrogens (tertiary/aromatic N) is 3. The monoisotopic (exact) mass is 293 g/mol. The number of nitrogens with two attached hydrogens (primary N) is 1. The van der Waals surface area contributed by atoms with Crippen molar-refractivity contribution in [3.05, 3.63) is 45.6 Å². The van der Waals surface area contributed by atoms with Gasteiger partial charge in [-0.15, -0.1) is 0 Å². The van der Waals surface area contributed by atoms with E-state index in [1.807, 2.05) is 0 Å². The normalized spacial score (nSPS) is 10.3. The standard InChI is InChI=1S/C12H12ClN5O2/c13-9-2-1-8(7-11(9)18(19)20)10-3-5-15-12(17-10)16-6-4-14/h1-3,5,7H,4,6,14H2,(H,15,16,17). The summed E-state index contributed by atoms with van der Waals surface area (Å²) in [7, 11) is 0. The van der Waals surface area contributed by atoms with E-state index in [2.05, 4.69) is 15.3 Å². The van der Waals surface area contributed by atoms with Gasteiger partial charge in [0.25, 0.3) is 5.69 Å². The maximum atomic E-state index is 10.9. The molecule has 104 valence electrons. The van der Waals surface area contributed by atoms with E-state index in [0.717, 1.165) is 0 Å². The number of benzene rings is 1. The van der Waals surface area contributed by atoms with E-state index in [-0.39, 0.29) is 10.7 Å². The number of nitrogens with one attached hydrogen (secondary N) is 1. The van der Waals surface area contributed by atoms with Crippen LogP contribution in [0.25, 0.3) is 11.3 Å². The summed E-state index contributed by atoms with van der Waals surface area (Å²) in [5.74, 6) is 0.422. The first-order valence-electron chi connectivity index (χ1n) is 5.83. The second kappa shape index (κ2) is 6.27. The van der Waals surface area contributed by atoms with Crippen LogP contribution in [0.2, 0.25) is 5.02 Å². The van der Waals surface area contributed by atoms with Crippen molar-refractivity contribution in [2.75, 3.05) is 18.4 Å². The highest BCUT2D eigenvalue weighted by Gasteiger charge is 2.14. The number of hydrogen-bond acceptors (Lipinski definition) is 6. The van der Waals surface area contributed by atoms with Gasteiger partial charge in [-0.25, -0.2) is 9.97 Å². The first kappa shape index (κ1) is 14.2. The van der Waals surface area contributed by atoms with Crippen LogP contribution in [0, 0.1) is 10.1 Å². The molecule has 0 fully saturated rings. The summed E-state index contributed by atoms with van der Waals surface area (Å²) in [5.41, 5.74) is 6.40. The van der Waals surface area contributed by atoms with Crippen molar-refractivity contribution >= 4 is 23.2 Å². The van der Waals surface area contributed by atoms with Gasteiger partial charge >= 0.3 is 0 Å². The maximum Gasteiger partial charge on any atom is 0.288 e. The molecule has 3 N–H and O–H groups in total. The molecule has 0 amide bonds. The van der Waals surface area contributed by atoms with E-state index < -0.39 is 4.92 Å². The number of rotatable bonds is 5. The van der Waals surface area contributed by atoms with E-state index in [9.17, 15) is 10.1 Å². The molecule has 0 saturated carbocycles. The SMILES string of the molecule is NCCNc1nccc(-c2ccc(Cl)c([N+](=O)[O-])c2)n1. The summed E-state index contributed by atoms with van der Waals surface area (Å²) in [4.78, 5) is 18.7. The second-order valence-corrected chi connectivity index (χ2v) is 4.31. The molecule has 0 spiro atoms. The molecule has 1 aromatic heterocycles. The van der Waals surface area contributed by atoms with Crippen LogP contribution in [0.3, 0.4) is 0 Å². The molecule has 1 aromatic carbocycles. The third-order valence-corrected chi connectivity index (χ3v) is 2.84. The highest BCUT2D eigenvalue weighted by atomic mass is 35.5. The van der Waals surface area contributed by atoms with E-state index >= 15 is 0 Å². The zero-order valence-corrected chi connectivity index (χ0v) is 11.2. The summed E-state index contributed by atoms with van der Waals surface area (Å²) >= 11 is 5.78. The number of aromatic nitrogens is 2. The van der Waals surface area contributed by atoms with Crippen LogP contribution in [0.5, 0.6) is 0 Å². The lowest BCUT2D eigenvalue weighted by atomic mass is 10.1. The summed E-state index contributed by atoms with van der Waals surface area (Å²) < 4.78 is 0. The number of hydrogen-bond donors (Lipinski definition) is 2. The molecule has 2 aromatic rings. The van der Waals surface area contributed by atoms with Crippen molar-refractivity contribution in [1.82, 2.24) is 9.97 Å². The van der Waals surface area contributed by atoms with Crippen LogP contribution >= 0.6 is 11.6 Å². The van der Waals surface area contributed by atoms with Gasteiger partial charge in [-0.05, 0) is 12.1 Å². The van der Waals surface area contributed by atoms with Gasteiger partial charge in [-0.3, -0.25) is 10.1 Å². The third kappa shape index (κ3) is 3.19. The highest BCUT2D eigenvalue weighted by molar-refractivity contribution is 6.32. The molecule has 0 aliphatic rings. The fourth-order valence-electron chi connectivity index (χ4n) is 1.60. The first-order valence-corrected chi connectivity index (χ1v) is 6.21. The minimum atomic E-state index is -0.527. The zero-order chi connectivity index (χ0) is 14.5. The fourth-order valence-corrected chi connectivity index (χ4v) is 1.79. The molecule has 0 atom stereocenters. The Labute approximate surface area is 120 Å². The number of anilines is 1. The van der Waals surface area contributed by atoms with Gasteiger partial charge in [0.15, 0.2) is 0 Å². The van der Waals surface area contributed by atoms with Crippen LogP contribution in [0.4, 0.5) is 11.6 Å². The van der Waals surface area contributed by atoms with Crippen LogP contribution in [0.1, 0.15) is 0 Å². The molecule has 0 unspecified atom stereocenters. The lowest BCUT2D eigenvalue weighted by molar-refractivity contribution is -0.384. The Kier molecular flexibility index (Phi) is 4.44. The van der Waals surface area contributed by atoms with E-state index in [0.29, 0.717) is 30.3 Å². The molecule has 2 rings (SSSR count). The van der Waals surface area contributed by atoms with E-state index in [1.54, 1.807) is 18.3 Å². The summed E-state index contributed by atoms with van der Waals surface area (Å²) in [6.45, 7) is 1.00. The van der Waals surface area contributed by atoms with Gasteiger partial charge in [0.05, 0.1) is 10.6 Å². The Morgan fingerprint density at radius 1 is 1.40 bits per heavy atom. The predicted molar refractivity (Wildman–Crippen MR) is 76.7 cm³/mol. The molecule has 0 radical (unpaired) electrons. The minimum absolute atomic E-state index is 0.0919. The molecule has 0 saturated heterocycles. The third-order valence-electron chi connectivity index (χ3n) is 2.52. The highest BCUT2D eigenvalue weighted by Crippen LogP contribution is 2.29. The molecule has 0 bridgehead atoms. The molecule has 20 heavy (non-hydrogen) atoms. The Morgan fingerprint density at radius 3 is 2.90 bits per heavy atom. The molecule has 0 aliphatic carbocycles. The lowest BCUT2D eigenvalue weighted by Crippen LogP contribution is -2.14. The van der Waals surface area contributed by atoms with Gasteiger partial charge in [0, 0.05) is 30.9 Å². The first-order chi connectivity index (χ1) is 9.61. The fraction of sp³-hybridized carbons (Fsp3) is 0.167. The van der Waals surface area contributed by atoms with Crippen molar-refractivity contribution in [3.8, 4) is 11.3 Å². The average Bonchev–Trinajstić information content (AvgIpc) is 2.45. The van der Waals surface area contributed by atoms with Crippen LogP contribution in [-0.4, -0.2) is 28.0 Å². The number of nitro groups is 1. The van der Waals surface area contributed by atoms with Gasteiger partial charge < -0.3 is 11.1 Å². The van der Waals surface area contributed by atoms with Gasteiger partial charge in [0.1, 0.15) is 5.02 Å². The topological polar surface area (TPSA) is 107 Å². The van der Waals surface area contributed by atoms with Crippen molar-refractivity contribution in [2.24, 2.45) is 5.73 Å². The molecule has 1 heterocycles. The van der Waals surface area contributed by atoms with Crippen LogP contribution in [-0.2, 0) is 0 Å². The Hall–Kier alpha value is -2.25. The smallest absolute Gasteiger partial charge is 0.288 e. The van der Waals surface area contributed by atoms with E-state index in [4.69, 9.17) is 17.3 Å². The van der Waals surface area contributed by atoms with E-state index in [1.165, 1.54) is 12.1 Å². The average molecular weight is 294 g/mol. The largest absolute Gasteiger partial charge is 0.353 e. The van der Waals surface area contributed by atoms with Gasteiger partial charge in [-0.1, -0.05) is 17.7 Å². The van der Waals surface area contributed by atoms with Crippen LogP contribution < -0.4 is 11.1 Å². The number of nitro benzene ring substituents is 1. The van der Waals surface area contributed by atoms with Crippen molar-refractivity contribution in [1.29, 1.82) is 0 Å². The van der Waals surface area contributed by atoms with Crippen LogP contribution in [0.15, 0.2) is 30.5 Å². The second-order valence-electron chi connectivity index (χ2n) is 3.90. The maximum absolute atomic E-state index is 10.9. The van der Waals surface area contributed by atoms with Gasteiger partial charge in [-0.2, -0.15) is 0 Å². The summed E-state index contributed by atoms with van der Waals surface area (Å²) in [6.07, 6.45) is 1.57. The minimum Gasteiger partial charge on any atom is -0.353 e. The van der Waals surface area contributed by atoms with Gasteiger partial charge in [0.2, 0.25) is 5.95 Å². The summed E-state index contributed by atoms with van der Waals surface area (Å²) in [6, 6.07) is 6.20. The molecule has 8 heteroatoms. The molecule has 7 nitrogen and oxygen atoms in total. The lowest BCUT2D eigenvalue weighted by Gasteiger charge is -2.05. The molecular weight excluding hydrogens is 282 g/mol. The number of halogens is 1. The predicted octanol–water partition coefficient (Wildman–Crippen LogP) is 2.08. The molecule has 0 aliphatic heterocycles. The van der Waals surface area contributed by atoms with Crippen molar-refractivity contribution in [2.45, 2.75) is 0 Å². The molecular formula is C12H12ClN5O2. The quantitative estimate of drug-likeness (QED) is 0.645. The summed E-state index contributed by atoms with van der Waals surface area (Å²) in [5, 5.41) is 13.9. The van der Waals surface area contributed by atoms with Crippen molar-refractivity contribution < 1.29 is 4.92 Å². The Morgan fingerprint density at radius 2 is 2.20 bits per heavy atom. The zero-order valence-electron chi connectivity index (χ0n) is 10.4. The Bertz CT molecular complexity index is 635. The van der Waals surface area contributed by atoms with Crippen molar-refractivity contribution in [3.63, 3.8) is 0 Å².